The molecule has 8 heteroatoms. The number of rotatable bonds is 8. The van der Waals surface area contributed by atoms with Crippen LogP contribution in [0, 0.1) is 11.8 Å². The van der Waals surface area contributed by atoms with Gasteiger partial charge in [-0.3, -0.25) is 4.79 Å². The minimum Gasteiger partial charge on any atom is -0.438 e. The van der Waals surface area contributed by atoms with Crippen molar-refractivity contribution in [1.29, 1.82) is 0 Å². The van der Waals surface area contributed by atoms with Gasteiger partial charge in [-0.05, 0) is 49.7 Å². The smallest absolute Gasteiger partial charge is 0.258 e. The molecule has 0 aliphatic heterocycles. The third kappa shape index (κ3) is 5.70. The molecule has 1 N–H and O–H groups in total. The summed E-state index contributed by atoms with van der Waals surface area (Å²) < 4.78 is 29.0. The highest BCUT2D eigenvalue weighted by molar-refractivity contribution is 7.93. The van der Waals surface area contributed by atoms with E-state index in [9.17, 15) is 13.2 Å². The van der Waals surface area contributed by atoms with Crippen molar-refractivity contribution in [2.75, 3.05) is 6.26 Å². The SMILES string of the molecule is CS(=O)(=O)/C=C/C(NC(=O)c1cnc([C@H]2C[C@H](C)C2)nc1Oc1ccccc1)C1CC1. The Morgan fingerprint density at radius 1 is 1.23 bits per heavy atom. The second-order valence-corrected chi connectivity index (χ2v) is 10.6. The van der Waals surface area contributed by atoms with Gasteiger partial charge in [0, 0.05) is 23.8 Å². The monoisotopic (exact) mass is 441 g/mol. The lowest BCUT2D eigenvalue weighted by Crippen LogP contribution is -2.35. The Kier molecular flexibility index (Phi) is 6.09. The number of para-hydroxylation sites is 1. The first-order valence-electron chi connectivity index (χ1n) is 10.6. The van der Waals surface area contributed by atoms with Gasteiger partial charge < -0.3 is 10.1 Å². The molecule has 31 heavy (non-hydrogen) atoms. The molecular weight excluding hydrogens is 414 g/mol. The van der Waals surface area contributed by atoms with Gasteiger partial charge in [-0.15, -0.1) is 0 Å². The normalized spacial score (nSPS) is 22.0. The standard InChI is InChI=1S/C23H27N3O4S/c1-15-12-17(13-15)21-24-14-19(23(26-21)30-18-6-4-3-5-7-18)22(27)25-20(16-8-9-16)10-11-31(2,28)29/h3-7,10-11,14-17,20H,8-9,12-13H2,1-2H3,(H,25,27)/b11-10+/t15-,17-,20?. The molecule has 164 valence electrons. The summed E-state index contributed by atoms with van der Waals surface area (Å²) in [7, 11) is -3.27. The summed E-state index contributed by atoms with van der Waals surface area (Å²) in [4.78, 5) is 22.1. The molecule has 2 aliphatic rings. The molecule has 1 aromatic carbocycles. The molecule has 2 saturated carbocycles. The van der Waals surface area contributed by atoms with Gasteiger partial charge in [-0.2, -0.15) is 4.98 Å². The Morgan fingerprint density at radius 2 is 1.94 bits per heavy atom. The molecular formula is C23H27N3O4S. The van der Waals surface area contributed by atoms with Gasteiger partial charge in [0.05, 0.1) is 6.04 Å². The average molecular weight is 442 g/mol. The molecule has 4 rings (SSSR count). The molecule has 2 fully saturated rings. The van der Waals surface area contributed by atoms with Crippen LogP contribution < -0.4 is 10.1 Å². The Hall–Kier alpha value is -2.74. The van der Waals surface area contributed by atoms with E-state index >= 15 is 0 Å². The molecule has 2 aliphatic carbocycles. The molecule has 1 aromatic heterocycles. The lowest BCUT2D eigenvalue weighted by molar-refractivity contribution is 0.0937. The number of sulfone groups is 1. The van der Waals surface area contributed by atoms with Gasteiger partial charge in [0.1, 0.15) is 17.1 Å². The van der Waals surface area contributed by atoms with Crippen LogP contribution in [0.25, 0.3) is 0 Å². The summed E-state index contributed by atoms with van der Waals surface area (Å²) in [5.74, 6) is 2.27. The van der Waals surface area contributed by atoms with E-state index in [-0.39, 0.29) is 35.2 Å². The molecule has 0 bridgehead atoms. The van der Waals surface area contributed by atoms with E-state index in [1.807, 2.05) is 18.2 Å². The number of ether oxygens (including phenoxy) is 1. The topological polar surface area (TPSA) is 98.2 Å². The average Bonchev–Trinajstić information content (AvgIpc) is 3.54. The minimum absolute atomic E-state index is 0.217. The van der Waals surface area contributed by atoms with Crippen LogP contribution in [-0.4, -0.2) is 36.6 Å². The molecule has 1 unspecified atom stereocenters. The van der Waals surface area contributed by atoms with Crippen LogP contribution in [-0.2, 0) is 9.84 Å². The summed E-state index contributed by atoms with van der Waals surface area (Å²) in [6, 6.07) is 8.83. The van der Waals surface area contributed by atoms with Crippen molar-refractivity contribution >= 4 is 15.7 Å². The van der Waals surface area contributed by atoms with Crippen molar-refractivity contribution in [3.05, 3.63) is 59.4 Å². The second-order valence-electron chi connectivity index (χ2n) is 8.63. The van der Waals surface area contributed by atoms with Crippen molar-refractivity contribution in [3.63, 3.8) is 0 Å². The van der Waals surface area contributed by atoms with E-state index in [2.05, 4.69) is 22.2 Å². The van der Waals surface area contributed by atoms with Crippen LogP contribution in [0.5, 0.6) is 11.6 Å². The number of hydrogen-bond acceptors (Lipinski definition) is 6. The molecule has 0 spiro atoms. The second kappa shape index (κ2) is 8.78. The molecule has 0 saturated heterocycles. The number of amides is 1. The van der Waals surface area contributed by atoms with Crippen molar-refractivity contribution < 1.29 is 17.9 Å². The van der Waals surface area contributed by atoms with Crippen molar-refractivity contribution in [1.82, 2.24) is 15.3 Å². The van der Waals surface area contributed by atoms with Crippen LogP contribution in [0.3, 0.4) is 0 Å². The van der Waals surface area contributed by atoms with Crippen LogP contribution in [0.4, 0.5) is 0 Å². The minimum atomic E-state index is -3.27. The molecule has 2 aromatic rings. The largest absolute Gasteiger partial charge is 0.438 e. The van der Waals surface area contributed by atoms with Gasteiger partial charge in [-0.25, -0.2) is 13.4 Å². The van der Waals surface area contributed by atoms with Gasteiger partial charge in [-0.1, -0.05) is 31.2 Å². The zero-order chi connectivity index (χ0) is 22.0. The van der Waals surface area contributed by atoms with E-state index in [0.717, 1.165) is 37.3 Å². The number of aromatic nitrogens is 2. The number of nitrogens with one attached hydrogen (secondary N) is 1. The van der Waals surface area contributed by atoms with Crippen molar-refractivity contribution in [2.45, 2.75) is 44.6 Å². The summed E-state index contributed by atoms with van der Waals surface area (Å²) in [5.41, 5.74) is 0.235. The van der Waals surface area contributed by atoms with Crippen LogP contribution in [0.1, 0.15) is 54.7 Å². The maximum Gasteiger partial charge on any atom is 0.258 e. The summed E-state index contributed by atoms with van der Waals surface area (Å²) in [6.45, 7) is 2.20. The quantitative estimate of drug-likeness (QED) is 0.668. The summed E-state index contributed by atoms with van der Waals surface area (Å²) >= 11 is 0. The Balaban J connectivity index is 1.59. The molecule has 7 nitrogen and oxygen atoms in total. The fourth-order valence-electron chi connectivity index (χ4n) is 3.76. The van der Waals surface area contributed by atoms with Crippen LogP contribution >= 0.6 is 0 Å². The highest BCUT2D eigenvalue weighted by atomic mass is 32.2. The summed E-state index contributed by atoms with van der Waals surface area (Å²) in [5, 5.41) is 4.08. The van der Waals surface area contributed by atoms with E-state index in [1.54, 1.807) is 18.2 Å². The van der Waals surface area contributed by atoms with Crippen molar-refractivity contribution in [2.24, 2.45) is 11.8 Å². The first-order chi connectivity index (χ1) is 14.8. The highest BCUT2D eigenvalue weighted by Gasteiger charge is 2.33. The molecule has 1 atom stereocenters. The van der Waals surface area contributed by atoms with Crippen LogP contribution in [0.2, 0.25) is 0 Å². The van der Waals surface area contributed by atoms with Gasteiger partial charge in [0.15, 0.2) is 9.84 Å². The molecule has 1 amide bonds. The van der Waals surface area contributed by atoms with Gasteiger partial charge >= 0.3 is 0 Å². The van der Waals surface area contributed by atoms with E-state index in [0.29, 0.717) is 17.5 Å². The Bertz CT molecular complexity index is 1080. The Morgan fingerprint density at radius 3 is 2.55 bits per heavy atom. The maximum absolute atomic E-state index is 13.1. The number of carbonyl (C=O) groups is 1. The number of benzene rings is 1. The predicted molar refractivity (Wildman–Crippen MR) is 118 cm³/mol. The van der Waals surface area contributed by atoms with Crippen LogP contribution in [0.15, 0.2) is 48.0 Å². The zero-order valence-corrected chi connectivity index (χ0v) is 18.5. The number of nitrogens with zero attached hydrogens (tertiary/aromatic N) is 2. The van der Waals surface area contributed by atoms with Crippen molar-refractivity contribution in [3.8, 4) is 11.6 Å². The van der Waals surface area contributed by atoms with E-state index in [1.165, 1.54) is 6.20 Å². The lowest BCUT2D eigenvalue weighted by Gasteiger charge is -2.31. The van der Waals surface area contributed by atoms with Gasteiger partial charge in [0.2, 0.25) is 5.88 Å². The maximum atomic E-state index is 13.1. The van der Waals surface area contributed by atoms with Gasteiger partial charge in [0.25, 0.3) is 5.91 Å². The summed E-state index contributed by atoms with van der Waals surface area (Å²) in [6.07, 6.45) is 8.14. The molecule has 1 heterocycles. The third-order valence-corrected chi connectivity index (χ3v) is 6.33. The van der Waals surface area contributed by atoms with E-state index in [4.69, 9.17) is 4.74 Å². The fourth-order valence-corrected chi connectivity index (χ4v) is 4.21. The van der Waals surface area contributed by atoms with E-state index < -0.39 is 9.84 Å². The fraction of sp³-hybridized carbons (Fsp3) is 0.435. The zero-order valence-electron chi connectivity index (χ0n) is 17.7. The third-order valence-electron chi connectivity index (χ3n) is 5.67. The molecule has 0 radical (unpaired) electrons. The first kappa shape index (κ1) is 21.5. The Labute approximate surface area is 182 Å². The lowest BCUT2D eigenvalue weighted by atomic mass is 9.76. The predicted octanol–water partition coefficient (Wildman–Crippen LogP) is 3.85. The highest BCUT2D eigenvalue weighted by Crippen LogP contribution is 2.40. The number of hydrogen-bond donors (Lipinski definition) is 1. The first-order valence-corrected chi connectivity index (χ1v) is 12.5. The number of carbonyl (C=O) groups excluding carboxylic acids is 1.